The van der Waals surface area contributed by atoms with Crippen LogP contribution in [0, 0.1) is 0 Å². The van der Waals surface area contributed by atoms with Gasteiger partial charge >= 0.3 is 0 Å². The van der Waals surface area contributed by atoms with Crippen molar-refractivity contribution >= 4 is 23.5 Å². The van der Waals surface area contributed by atoms with Crippen molar-refractivity contribution in [3.63, 3.8) is 0 Å². The fourth-order valence-corrected chi connectivity index (χ4v) is 7.11. The second-order valence-corrected chi connectivity index (χ2v) is 12.3. The smallest absolute Gasteiger partial charge is 0.248 e. The summed E-state index contributed by atoms with van der Waals surface area (Å²) in [6.45, 7) is 0.397. The summed E-state index contributed by atoms with van der Waals surface area (Å²) >= 11 is 0. The van der Waals surface area contributed by atoms with Crippen molar-refractivity contribution in [2.75, 3.05) is 31.7 Å². The van der Waals surface area contributed by atoms with E-state index in [-0.39, 0.29) is 11.9 Å². The minimum atomic E-state index is 0.0620. The van der Waals surface area contributed by atoms with E-state index in [2.05, 4.69) is 70.2 Å². The molecular formula is C33H38N8O. The summed E-state index contributed by atoms with van der Waals surface area (Å²) in [6, 6.07) is 19.2. The number of hydrogen-bond acceptors (Lipinski definition) is 7. The van der Waals surface area contributed by atoms with Crippen LogP contribution in [0.15, 0.2) is 54.6 Å². The summed E-state index contributed by atoms with van der Waals surface area (Å²) < 4.78 is 1.66. The van der Waals surface area contributed by atoms with E-state index in [0.717, 1.165) is 24.9 Å². The third-order valence-electron chi connectivity index (χ3n) is 9.05. The maximum atomic E-state index is 12.3. The van der Waals surface area contributed by atoms with Gasteiger partial charge in [-0.25, -0.2) is 4.98 Å². The fraction of sp³-hybridized carbons (Fsp3) is 0.394. The number of nitrogens with two attached hydrogens (primary N) is 1. The Balaban J connectivity index is 1.15. The molecule has 2 aromatic heterocycles. The number of aromatic nitrogens is 4. The Kier molecular flexibility index (Phi) is 6.90. The molecule has 2 bridgehead atoms. The van der Waals surface area contributed by atoms with Crippen LogP contribution in [-0.2, 0) is 17.6 Å². The lowest BCUT2D eigenvalue weighted by Crippen LogP contribution is -2.42. The highest BCUT2D eigenvalue weighted by Gasteiger charge is 2.36. The highest BCUT2D eigenvalue weighted by molar-refractivity contribution is 5.78. The Labute approximate surface area is 246 Å². The minimum Gasteiger partial charge on any atom is -0.368 e. The van der Waals surface area contributed by atoms with Crippen LogP contribution in [0.5, 0.6) is 0 Å². The van der Waals surface area contributed by atoms with Crippen molar-refractivity contribution in [3.05, 3.63) is 77.0 Å². The van der Waals surface area contributed by atoms with Crippen LogP contribution in [0.25, 0.3) is 16.9 Å². The van der Waals surface area contributed by atoms with Crippen molar-refractivity contribution in [2.45, 2.75) is 62.8 Å². The van der Waals surface area contributed by atoms with Crippen LogP contribution in [-0.4, -0.2) is 57.2 Å². The lowest BCUT2D eigenvalue weighted by Gasteiger charge is -2.39. The largest absolute Gasteiger partial charge is 0.368 e. The van der Waals surface area contributed by atoms with Gasteiger partial charge in [-0.1, -0.05) is 36.4 Å². The van der Waals surface area contributed by atoms with Crippen LogP contribution >= 0.6 is 0 Å². The first-order valence-corrected chi connectivity index (χ1v) is 15.1. The van der Waals surface area contributed by atoms with Gasteiger partial charge in [0, 0.05) is 17.6 Å². The molecule has 42 heavy (non-hydrogen) atoms. The first-order valence-electron chi connectivity index (χ1n) is 15.1. The maximum Gasteiger partial charge on any atom is 0.248 e. The topological polar surface area (TPSA) is 114 Å². The quantitative estimate of drug-likeness (QED) is 0.292. The summed E-state index contributed by atoms with van der Waals surface area (Å²) in [6.07, 6.45) is 7.56. The van der Waals surface area contributed by atoms with Crippen molar-refractivity contribution in [1.82, 2.24) is 30.0 Å². The molecule has 9 nitrogen and oxygen atoms in total. The van der Waals surface area contributed by atoms with Gasteiger partial charge in [0.15, 0.2) is 5.82 Å². The van der Waals surface area contributed by atoms with Gasteiger partial charge in [-0.3, -0.25) is 4.79 Å². The molecule has 4 N–H and O–H groups in total. The number of carbonyl (C=O) groups is 1. The number of carbonyl (C=O) groups excluding carboxylic acids is 1. The lowest BCUT2D eigenvalue weighted by atomic mass is 9.67. The number of anilines is 3. The number of benzene rings is 2. The number of amides is 1. The zero-order valence-electron chi connectivity index (χ0n) is 24.3. The zero-order valence-corrected chi connectivity index (χ0v) is 24.3. The zero-order chi connectivity index (χ0) is 28.8. The normalized spacial score (nSPS) is 20.7. The fourth-order valence-electron chi connectivity index (χ4n) is 7.11. The molecule has 9 heteroatoms. The second kappa shape index (κ2) is 10.9. The van der Waals surface area contributed by atoms with E-state index in [0.29, 0.717) is 36.1 Å². The highest BCUT2D eigenvalue weighted by atomic mass is 16.2. The third-order valence-corrected chi connectivity index (χ3v) is 9.05. The van der Waals surface area contributed by atoms with Crippen LogP contribution in [0.4, 0.5) is 17.6 Å². The molecule has 1 atom stereocenters. The summed E-state index contributed by atoms with van der Waals surface area (Å²) in [4.78, 5) is 23.9. The van der Waals surface area contributed by atoms with Gasteiger partial charge in [-0.15, -0.1) is 5.10 Å². The van der Waals surface area contributed by atoms with E-state index >= 15 is 0 Å². The maximum absolute atomic E-state index is 12.3. The molecule has 4 aromatic rings. The van der Waals surface area contributed by atoms with Crippen LogP contribution in [0.1, 0.15) is 66.3 Å². The van der Waals surface area contributed by atoms with E-state index in [9.17, 15) is 4.79 Å². The Bertz CT molecular complexity index is 1620. The van der Waals surface area contributed by atoms with Crippen molar-refractivity contribution in [1.29, 1.82) is 0 Å². The Morgan fingerprint density at radius 1 is 0.976 bits per heavy atom. The molecule has 2 aromatic carbocycles. The minimum absolute atomic E-state index is 0.0620. The van der Waals surface area contributed by atoms with Gasteiger partial charge in [-0.05, 0) is 111 Å². The number of hydrogen-bond donors (Lipinski definition) is 3. The van der Waals surface area contributed by atoms with Crippen LogP contribution in [0.2, 0.25) is 0 Å². The molecule has 0 radical (unpaired) electrons. The Hall–Kier alpha value is -4.24. The molecule has 1 amide bonds. The van der Waals surface area contributed by atoms with Crippen molar-refractivity contribution in [3.8, 4) is 16.9 Å². The summed E-state index contributed by atoms with van der Waals surface area (Å²) in [5.74, 6) is 2.55. The van der Waals surface area contributed by atoms with Gasteiger partial charge in [-0.2, -0.15) is 9.67 Å². The monoisotopic (exact) mass is 562 g/mol. The van der Waals surface area contributed by atoms with Gasteiger partial charge < -0.3 is 21.3 Å². The predicted molar refractivity (Wildman–Crippen MR) is 165 cm³/mol. The standard InChI is InChI=1S/C33H38N8O/c1-40(2)19-29(42)35-25-14-12-20-13-15-26(17-24(20)16-25)36-33-38-32(34)41(39-33)28-18-27(21-6-4-3-5-7-21)30-22-8-10-23(11-9-22)31(30)37-28/h3-7,13,15,17-18,22-23,25H,8-12,14,16,19H2,1-2H3,(H,35,42)(H3,34,36,38,39). The highest BCUT2D eigenvalue weighted by Crippen LogP contribution is 2.52. The second-order valence-electron chi connectivity index (χ2n) is 12.3. The van der Waals surface area contributed by atoms with E-state index in [4.69, 9.17) is 15.8 Å². The van der Waals surface area contributed by atoms with E-state index < -0.39 is 0 Å². The van der Waals surface area contributed by atoms with Gasteiger partial charge in [0.2, 0.25) is 17.8 Å². The Morgan fingerprint density at radius 2 is 1.76 bits per heavy atom. The molecule has 0 aliphatic heterocycles. The van der Waals surface area contributed by atoms with Gasteiger partial charge in [0.05, 0.1) is 12.2 Å². The average Bonchev–Trinajstić information content (AvgIpc) is 3.36. The van der Waals surface area contributed by atoms with Gasteiger partial charge in [0.25, 0.3) is 0 Å². The summed E-state index contributed by atoms with van der Waals surface area (Å²) in [5.41, 5.74) is 14.9. The number of aryl methyl sites for hydroxylation is 1. The summed E-state index contributed by atoms with van der Waals surface area (Å²) in [5, 5.41) is 11.3. The molecule has 0 spiro atoms. The predicted octanol–water partition coefficient (Wildman–Crippen LogP) is 4.95. The first kappa shape index (κ1) is 26.6. The molecule has 1 unspecified atom stereocenters. The third kappa shape index (κ3) is 5.13. The van der Waals surface area contributed by atoms with Crippen molar-refractivity contribution < 1.29 is 4.79 Å². The molecule has 2 heterocycles. The van der Waals surface area contributed by atoms with E-state index in [1.54, 1.807) is 4.68 Å². The molecule has 1 fully saturated rings. The molecular weight excluding hydrogens is 524 g/mol. The van der Waals surface area contributed by atoms with E-state index in [1.807, 2.05) is 19.0 Å². The number of fused-ring (bicyclic) bond motifs is 3. The molecule has 1 saturated carbocycles. The van der Waals surface area contributed by atoms with Crippen LogP contribution in [0.3, 0.4) is 0 Å². The van der Waals surface area contributed by atoms with Gasteiger partial charge in [0.1, 0.15) is 0 Å². The number of nitrogens with zero attached hydrogens (tertiary/aromatic N) is 5. The SMILES string of the molecule is CN(C)CC(=O)NC1CCc2ccc(Nc3nc(N)n(-c4cc(-c5ccccc5)c5c(n4)C4CCC5CC4)n3)cc2C1. The number of rotatable bonds is 7. The summed E-state index contributed by atoms with van der Waals surface area (Å²) in [7, 11) is 3.81. The number of nitrogens with one attached hydrogen (secondary N) is 2. The van der Waals surface area contributed by atoms with Crippen molar-refractivity contribution in [2.24, 2.45) is 0 Å². The number of likely N-dealkylation sites (N-methyl/N-ethyl adjacent to an activating group) is 1. The molecule has 4 aliphatic rings. The molecule has 8 rings (SSSR count). The Morgan fingerprint density at radius 3 is 2.55 bits per heavy atom. The number of pyridine rings is 1. The van der Waals surface area contributed by atoms with E-state index in [1.165, 1.54) is 59.2 Å². The lowest BCUT2D eigenvalue weighted by molar-refractivity contribution is -0.122. The molecule has 216 valence electrons. The first-order chi connectivity index (χ1) is 20.4. The number of nitrogen functional groups attached to an aromatic ring is 1. The molecule has 0 saturated heterocycles. The van der Waals surface area contributed by atoms with Crippen LogP contribution < -0.4 is 16.4 Å². The molecule has 4 aliphatic carbocycles. The average molecular weight is 563 g/mol.